The topological polar surface area (TPSA) is 41.9 Å². The number of halogens is 6. The third kappa shape index (κ3) is 4.46. The Morgan fingerprint density at radius 2 is 1.97 bits per heavy atom. The zero-order chi connectivity index (χ0) is 22.3. The van der Waals surface area contributed by atoms with E-state index in [1.807, 2.05) is 17.6 Å². The van der Waals surface area contributed by atoms with E-state index in [2.05, 4.69) is 15.6 Å². The second-order valence-electron chi connectivity index (χ2n) is 7.47. The lowest BCUT2D eigenvalue weighted by Gasteiger charge is -2.23. The second kappa shape index (κ2) is 8.70. The Balaban J connectivity index is 1.95. The van der Waals surface area contributed by atoms with Crippen LogP contribution in [0.4, 0.5) is 19.1 Å². The minimum absolute atomic E-state index is 0.400. The molecule has 1 atom stereocenters. The highest BCUT2D eigenvalue weighted by Gasteiger charge is 2.30. The van der Waals surface area contributed by atoms with E-state index in [1.54, 1.807) is 18.2 Å². The maximum atomic E-state index is 13.0. The lowest BCUT2D eigenvalue weighted by molar-refractivity contribution is -0.126. The standard InChI is InChI=1S/C21H20Cl3F3N4/c1-2-16(29-10-21(25,26)27)14-9-13(12-5-4-11(22)8-15(12)23)17(24)18-19(14)31-7-3-6-28-20(31)30-18/h4-5,8-9,16,29H,2-3,6-7,10H2,1H3,(H,28,30). The first-order valence-corrected chi connectivity index (χ1v) is 11.0. The van der Waals surface area contributed by atoms with Gasteiger partial charge < -0.3 is 15.2 Å². The first-order chi connectivity index (χ1) is 14.7. The summed E-state index contributed by atoms with van der Waals surface area (Å²) in [5.41, 5.74) is 3.23. The summed E-state index contributed by atoms with van der Waals surface area (Å²) in [5.74, 6) is 0.662. The molecule has 166 valence electrons. The molecule has 0 saturated carbocycles. The van der Waals surface area contributed by atoms with Crippen molar-refractivity contribution in [3.05, 3.63) is 44.9 Å². The van der Waals surface area contributed by atoms with E-state index in [0.717, 1.165) is 18.5 Å². The Hall–Kier alpha value is -1.67. The molecular formula is C21H20Cl3F3N4. The number of fused-ring (bicyclic) bond motifs is 3. The van der Waals surface area contributed by atoms with Crippen LogP contribution >= 0.6 is 34.8 Å². The van der Waals surface area contributed by atoms with E-state index in [1.165, 1.54) is 0 Å². The van der Waals surface area contributed by atoms with Gasteiger partial charge in [0.05, 0.1) is 17.1 Å². The number of hydrogen-bond acceptors (Lipinski definition) is 3. The van der Waals surface area contributed by atoms with Crippen molar-refractivity contribution >= 4 is 51.8 Å². The van der Waals surface area contributed by atoms with Crippen molar-refractivity contribution in [1.82, 2.24) is 14.9 Å². The highest BCUT2D eigenvalue weighted by atomic mass is 35.5. The van der Waals surface area contributed by atoms with Crippen molar-refractivity contribution in [2.75, 3.05) is 18.4 Å². The number of nitrogens with zero attached hydrogens (tertiary/aromatic N) is 2. The molecule has 0 amide bonds. The third-order valence-electron chi connectivity index (χ3n) is 5.38. The van der Waals surface area contributed by atoms with Crippen LogP contribution < -0.4 is 10.6 Å². The molecule has 1 aromatic heterocycles. The quantitative estimate of drug-likeness (QED) is 0.401. The number of anilines is 1. The fraction of sp³-hybridized carbons (Fsp3) is 0.381. The summed E-state index contributed by atoms with van der Waals surface area (Å²) < 4.78 is 40.9. The highest BCUT2D eigenvalue weighted by molar-refractivity contribution is 6.40. The van der Waals surface area contributed by atoms with E-state index < -0.39 is 18.8 Å². The zero-order valence-electron chi connectivity index (χ0n) is 16.6. The fourth-order valence-electron chi connectivity index (χ4n) is 3.99. The average Bonchev–Trinajstić information content (AvgIpc) is 3.10. The minimum atomic E-state index is -4.32. The van der Waals surface area contributed by atoms with Gasteiger partial charge in [0.15, 0.2) is 0 Å². The molecule has 2 N–H and O–H groups in total. The van der Waals surface area contributed by atoms with E-state index in [4.69, 9.17) is 34.8 Å². The van der Waals surface area contributed by atoms with Gasteiger partial charge in [-0.25, -0.2) is 4.98 Å². The lowest BCUT2D eigenvalue weighted by atomic mass is 9.96. The van der Waals surface area contributed by atoms with Crippen LogP contribution in [0, 0.1) is 0 Å². The molecule has 0 aliphatic carbocycles. The van der Waals surface area contributed by atoms with Crippen LogP contribution in [0.15, 0.2) is 24.3 Å². The Morgan fingerprint density at radius 3 is 2.65 bits per heavy atom. The lowest BCUT2D eigenvalue weighted by Crippen LogP contribution is -2.32. The van der Waals surface area contributed by atoms with Gasteiger partial charge in [-0.1, -0.05) is 47.8 Å². The maximum absolute atomic E-state index is 13.0. The van der Waals surface area contributed by atoms with Gasteiger partial charge in [0.1, 0.15) is 5.52 Å². The highest BCUT2D eigenvalue weighted by Crippen LogP contribution is 2.43. The molecule has 2 aromatic carbocycles. The van der Waals surface area contributed by atoms with Gasteiger partial charge >= 0.3 is 6.18 Å². The van der Waals surface area contributed by atoms with Crippen molar-refractivity contribution < 1.29 is 13.2 Å². The van der Waals surface area contributed by atoms with E-state index in [-0.39, 0.29) is 0 Å². The third-order valence-corrected chi connectivity index (χ3v) is 6.31. The fourth-order valence-corrected chi connectivity index (χ4v) is 4.78. The molecule has 1 aliphatic heterocycles. The number of hydrogen-bond donors (Lipinski definition) is 2. The van der Waals surface area contributed by atoms with Gasteiger partial charge in [-0.15, -0.1) is 0 Å². The Morgan fingerprint density at radius 1 is 1.19 bits per heavy atom. The van der Waals surface area contributed by atoms with Gasteiger partial charge in [-0.2, -0.15) is 13.2 Å². The van der Waals surface area contributed by atoms with E-state index in [0.29, 0.717) is 56.2 Å². The van der Waals surface area contributed by atoms with Gasteiger partial charge in [0, 0.05) is 40.3 Å². The summed E-state index contributed by atoms with van der Waals surface area (Å²) in [4.78, 5) is 4.67. The molecule has 0 bridgehead atoms. The zero-order valence-corrected chi connectivity index (χ0v) is 18.9. The Kier molecular flexibility index (Phi) is 6.32. The van der Waals surface area contributed by atoms with E-state index in [9.17, 15) is 13.2 Å². The summed E-state index contributed by atoms with van der Waals surface area (Å²) in [6.07, 6.45) is -2.98. The molecule has 1 unspecified atom stereocenters. The molecule has 3 aromatic rings. The number of rotatable bonds is 5. The van der Waals surface area contributed by atoms with Crippen LogP contribution in [0.2, 0.25) is 15.1 Å². The van der Waals surface area contributed by atoms with Crippen molar-refractivity contribution in [2.24, 2.45) is 0 Å². The van der Waals surface area contributed by atoms with Crippen molar-refractivity contribution in [3.8, 4) is 11.1 Å². The Bertz CT molecular complexity index is 1130. The van der Waals surface area contributed by atoms with Crippen LogP contribution in [-0.2, 0) is 6.54 Å². The van der Waals surface area contributed by atoms with Crippen molar-refractivity contribution in [3.63, 3.8) is 0 Å². The van der Waals surface area contributed by atoms with Gasteiger partial charge in [-0.05, 0) is 36.6 Å². The minimum Gasteiger partial charge on any atom is -0.356 e. The maximum Gasteiger partial charge on any atom is 0.401 e. The van der Waals surface area contributed by atoms with Crippen molar-refractivity contribution in [1.29, 1.82) is 0 Å². The molecule has 0 radical (unpaired) electrons. The number of benzene rings is 2. The molecule has 10 heteroatoms. The van der Waals surface area contributed by atoms with Crippen LogP contribution in [0.5, 0.6) is 0 Å². The van der Waals surface area contributed by atoms with Crippen LogP contribution in [-0.4, -0.2) is 28.8 Å². The molecule has 4 nitrogen and oxygen atoms in total. The number of nitrogens with one attached hydrogen (secondary N) is 2. The molecule has 0 fully saturated rings. The summed E-state index contributed by atoms with van der Waals surface area (Å²) >= 11 is 19.2. The molecule has 0 saturated heterocycles. The average molecular weight is 492 g/mol. The first-order valence-electron chi connectivity index (χ1n) is 9.91. The molecule has 31 heavy (non-hydrogen) atoms. The molecular weight excluding hydrogens is 472 g/mol. The smallest absolute Gasteiger partial charge is 0.356 e. The van der Waals surface area contributed by atoms with Crippen molar-refractivity contribution in [2.45, 2.75) is 38.5 Å². The molecule has 2 heterocycles. The SMILES string of the molecule is CCC(NCC(F)(F)F)c1cc(-c2ccc(Cl)cc2Cl)c(Cl)c2nc3n(c12)CCCN3. The van der Waals surface area contributed by atoms with Gasteiger partial charge in [0.2, 0.25) is 5.95 Å². The molecule has 4 rings (SSSR count). The predicted molar refractivity (Wildman–Crippen MR) is 120 cm³/mol. The largest absolute Gasteiger partial charge is 0.401 e. The predicted octanol–water partition coefficient (Wildman–Crippen LogP) is 7.08. The summed E-state index contributed by atoms with van der Waals surface area (Å²) in [6, 6.07) is 6.33. The van der Waals surface area contributed by atoms with E-state index >= 15 is 0 Å². The normalized spacial score (nSPS) is 15.1. The number of imidazole rings is 1. The van der Waals surface area contributed by atoms with Crippen LogP contribution in [0.25, 0.3) is 22.2 Å². The monoisotopic (exact) mass is 490 g/mol. The Labute approximate surface area is 192 Å². The van der Waals surface area contributed by atoms with Crippen LogP contribution in [0.1, 0.15) is 31.4 Å². The number of alkyl halides is 3. The summed E-state index contributed by atoms with van der Waals surface area (Å²) in [7, 11) is 0. The first kappa shape index (κ1) is 22.5. The number of aryl methyl sites for hydroxylation is 1. The summed E-state index contributed by atoms with van der Waals surface area (Å²) in [6.45, 7) is 2.23. The van der Waals surface area contributed by atoms with Gasteiger partial charge in [0.25, 0.3) is 0 Å². The van der Waals surface area contributed by atoms with Gasteiger partial charge in [-0.3, -0.25) is 0 Å². The molecule has 0 spiro atoms. The molecule has 1 aliphatic rings. The number of aromatic nitrogens is 2. The van der Waals surface area contributed by atoms with Crippen LogP contribution in [0.3, 0.4) is 0 Å². The second-order valence-corrected chi connectivity index (χ2v) is 8.69. The summed E-state index contributed by atoms with van der Waals surface area (Å²) in [5, 5.41) is 7.18.